The summed E-state index contributed by atoms with van der Waals surface area (Å²) in [5, 5.41) is 2.94. The third-order valence-electron chi connectivity index (χ3n) is 3.31. The van der Waals surface area contributed by atoms with Gasteiger partial charge in [-0.25, -0.2) is 0 Å². The molecule has 1 saturated carbocycles. The maximum atomic E-state index is 11.3. The first kappa shape index (κ1) is 9.49. The van der Waals surface area contributed by atoms with Crippen molar-refractivity contribution < 1.29 is 14.3 Å². The fourth-order valence-electron chi connectivity index (χ4n) is 2.56. The van der Waals surface area contributed by atoms with E-state index in [2.05, 4.69) is 5.32 Å². The standard InChI is InChI=1S/C10H15NO3/c1-14-10(13)6-2-3-8-7(4-6)5-9(12)11-8/h6-8H,2-5H2,1H3,(H,11,12)/t6-,7-,8-/m1/s1. The topological polar surface area (TPSA) is 55.4 Å². The van der Waals surface area contributed by atoms with Crippen molar-refractivity contribution in [2.24, 2.45) is 11.8 Å². The third-order valence-corrected chi connectivity index (χ3v) is 3.31. The van der Waals surface area contributed by atoms with Gasteiger partial charge < -0.3 is 10.1 Å². The molecule has 0 aromatic heterocycles. The van der Waals surface area contributed by atoms with E-state index in [1.165, 1.54) is 7.11 Å². The summed E-state index contributed by atoms with van der Waals surface area (Å²) in [7, 11) is 1.42. The number of esters is 1. The van der Waals surface area contributed by atoms with Gasteiger partial charge in [-0.15, -0.1) is 0 Å². The Morgan fingerprint density at radius 2 is 2.29 bits per heavy atom. The summed E-state index contributed by atoms with van der Waals surface area (Å²) < 4.78 is 4.72. The first-order valence-corrected chi connectivity index (χ1v) is 5.08. The van der Waals surface area contributed by atoms with Crippen molar-refractivity contribution >= 4 is 11.9 Å². The molecule has 1 aliphatic heterocycles. The first-order chi connectivity index (χ1) is 6.70. The van der Waals surface area contributed by atoms with Gasteiger partial charge in [0.05, 0.1) is 13.0 Å². The van der Waals surface area contributed by atoms with Gasteiger partial charge in [0, 0.05) is 12.5 Å². The molecule has 2 aliphatic rings. The molecule has 0 unspecified atom stereocenters. The van der Waals surface area contributed by atoms with Crippen molar-refractivity contribution in [2.45, 2.75) is 31.7 Å². The Balaban J connectivity index is 1.97. The predicted octanol–water partition coefficient (Wildman–Crippen LogP) is 0.464. The molecule has 0 spiro atoms. The summed E-state index contributed by atoms with van der Waals surface area (Å²) in [5.41, 5.74) is 0. The second-order valence-corrected chi connectivity index (χ2v) is 4.17. The molecule has 0 bridgehead atoms. The molecule has 1 saturated heterocycles. The number of ether oxygens (including phenoxy) is 1. The fourth-order valence-corrected chi connectivity index (χ4v) is 2.56. The summed E-state index contributed by atoms with van der Waals surface area (Å²) in [5.74, 6) is 0.364. The summed E-state index contributed by atoms with van der Waals surface area (Å²) >= 11 is 0. The van der Waals surface area contributed by atoms with E-state index >= 15 is 0 Å². The highest BCUT2D eigenvalue weighted by molar-refractivity contribution is 5.79. The molecule has 0 radical (unpaired) electrons. The maximum absolute atomic E-state index is 11.3. The lowest BCUT2D eigenvalue weighted by atomic mass is 9.78. The van der Waals surface area contributed by atoms with E-state index < -0.39 is 0 Å². The minimum absolute atomic E-state index is 0.00829. The maximum Gasteiger partial charge on any atom is 0.308 e. The second kappa shape index (κ2) is 3.59. The molecule has 3 atom stereocenters. The van der Waals surface area contributed by atoms with Gasteiger partial charge in [0.15, 0.2) is 0 Å². The molecule has 1 N–H and O–H groups in total. The number of carbonyl (C=O) groups is 2. The van der Waals surface area contributed by atoms with Crippen LogP contribution >= 0.6 is 0 Å². The van der Waals surface area contributed by atoms with E-state index in [0.29, 0.717) is 18.4 Å². The number of hydrogen-bond donors (Lipinski definition) is 1. The van der Waals surface area contributed by atoms with Crippen LogP contribution in [0.3, 0.4) is 0 Å². The number of rotatable bonds is 1. The van der Waals surface area contributed by atoms with E-state index in [9.17, 15) is 9.59 Å². The van der Waals surface area contributed by atoms with Crippen LogP contribution in [0.2, 0.25) is 0 Å². The molecule has 2 fully saturated rings. The average Bonchev–Trinajstić information content (AvgIpc) is 2.55. The summed E-state index contributed by atoms with van der Waals surface area (Å²) in [4.78, 5) is 22.4. The van der Waals surface area contributed by atoms with Crippen LogP contribution in [-0.4, -0.2) is 25.0 Å². The molecule has 0 aromatic carbocycles. The zero-order valence-electron chi connectivity index (χ0n) is 8.29. The molecule has 0 aromatic rings. The summed E-state index contributed by atoms with van der Waals surface area (Å²) in [6, 6.07) is 0.309. The Morgan fingerprint density at radius 1 is 1.50 bits per heavy atom. The van der Waals surface area contributed by atoms with Crippen molar-refractivity contribution in [1.29, 1.82) is 0 Å². The molecule has 2 rings (SSSR count). The van der Waals surface area contributed by atoms with Gasteiger partial charge in [0.1, 0.15) is 0 Å². The largest absolute Gasteiger partial charge is 0.469 e. The zero-order chi connectivity index (χ0) is 10.1. The highest BCUT2D eigenvalue weighted by Gasteiger charge is 2.39. The molecule has 4 nitrogen and oxygen atoms in total. The Hall–Kier alpha value is -1.06. The molecular weight excluding hydrogens is 182 g/mol. The average molecular weight is 197 g/mol. The van der Waals surface area contributed by atoms with Gasteiger partial charge in [-0.2, -0.15) is 0 Å². The van der Waals surface area contributed by atoms with E-state index in [-0.39, 0.29) is 17.8 Å². The highest BCUT2D eigenvalue weighted by Crippen LogP contribution is 2.35. The minimum Gasteiger partial charge on any atom is -0.469 e. The number of hydrogen-bond acceptors (Lipinski definition) is 3. The smallest absolute Gasteiger partial charge is 0.308 e. The fraction of sp³-hybridized carbons (Fsp3) is 0.800. The van der Waals surface area contributed by atoms with Crippen LogP contribution in [0.1, 0.15) is 25.7 Å². The summed E-state index contributed by atoms with van der Waals surface area (Å²) in [6.07, 6.45) is 3.14. The monoisotopic (exact) mass is 197 g/mol. The van der Waals surface area contributed by atoms with Crippen molar-refractivity contribution in [3.63, 3.8) is 0 Å². The van der Waals surface area contributed by atoms with Crippen LogP contribution in [0.4, 0.5) is 0 Å². The number of carbonyl (C=O) groups excluding carboxylic acids is 2. The van der Waals surface area contributed by atoms with Crippen molar-refractivity contribution in [3.05, 3.63) is 0 Å². The van der Waals surface area contributed by atoms with E-state index in [1.807, 2.05) is 0 Å². The molecule has 1 heterocycles. The second-order valence-electron chi connectivity index (χ2n) is 4.17. The normalized spacial score (nSPS) is 36.1. The molecule has 78 valence electrons. The van der Waals surface area contributed by atoms with Crippen LogP contribution in [0.5, 0.6) is 0 Å². The Kier molecular flexibility index (Phi) is 2.44. The molecule has 1 aliphatic carbocycles. The third kappa shape index (κ3) is 1.61. The van der Waals surface area contributed by atoms with Crippen molar-refractivity contribution in [1.82, 2.24) is 5.32 Å². The van der Waals surface area contributed by atoms with Gasteiger partial charge in [-0.1, -0.05) is 0 Å². The van der Waals surface area contributed by atoms with Crippen LogP contribution in [-0.2, 0) is 14.3 Å². The summed E-state index contributed by atoms with van der Waals surface area (Å²) in [6.45, 7) is 0. The molecular formula is C10H15NO3. The van der Waals surface area contributed by atoms with Gasteiger partial charge in [0.25, 0.3) is 0 Å². The lowest BCUT2D eigenvalue weighted by Gasteiger charge is -2.29. The van der Waals surface area contributed by atoms with E-state index in [1.54, 1.807) is 0 Å². The van der Waals surface area contributed by atoms with Crippen molar-refractivity contribution in [2.75, 3.05) is 7.11 Å². The highest BCUT2D eigenvalue weighted by atomic mass is 16.5. The predicted molar refractivity (Wildman–Crippen MR) is 49.4 cm³/mol. The number of methoxy groups -OCH3 is 1. The first-order valence-electron chi connectivity index (χ1n) is 5.08. The van der Waals surface area contributed by atoms with Crippen molar-refractivity contribution in [3.8, 4) is 0 Å². The zero-order valence-corrected chi connectivity index (χ0v) is 8.29. The molecule has 4 heteroatoms. The quantitative estimate of drug-likeness (QED) is 0.621. The number of nitrogens with one attached hydrogen (secondary N) is 1. The minimum atomic E-state index is -0.122. The van der Waals surface area contributed by atoms with Crippen LogP contribution in [0, 0.1) is 11.8 Å². The molecule has 14 heavy (non-hydrogen) atoms. The van der Waals surface area contributed by atoms with Gasteiger partial charge in [0.2, 0.25) is 5.91 Å². The number of amides is 1. The Morgan fingerprint density at radius 3 is 3.00 bits per heavy atom. The Labute approximate surface area is 83.0 Å². The van der Waals surface area contributed by atoms with Crippen LogP contribution in [0.25, 0.3) is 0 Å². The van der Waals surface area contributed by atoms with Gasteiger partial charge in [-0.05, 0) is 25.2 Å². The van der Waals surface area contributed by atoms with Crippen LogP contribution < -0.4 is 5.32 Å². The Bertz CT molecular complexity index is 264. The lowest BCUT2D eigenvalue weighted by molar-refractivity contribution is -0.147. The molecule has 1 amide bonds. The SMILES string of the molecule is COC(=O)[C@@H]1CC[C@H]2NC(=O)C[C@H]2C1. The van der Waals surface area contributed by atoms with Crippen LogP contribution in [0.15, 0.2) is 0 Å². The van der Waals surface area contributed by atoms with E-state index in [4.69, 9.17) is 4.74 Å². The lowest BCUT2D eigenvalue weighted by Crippen LogP contribution is -2.36. The van der Waals surface area contributed by atoms with Gasteiger partial charge >= 0.3 is 5.97 Å². The number of fused-ring (bicyclic) bond motifs is 1. The van der Waals surface area contributed by atoms with E-state index in [0.717, 1.165) is 19.3 Å². The van der Waals surface area contributed by atoms with Gasteiger partial charge in [-0.3, -0.25) is 9.59 Å².